The lowest BCUT2D eigenvalue weighted by molar-refractivity contribution is -0.919. The Kier molecular flexibility index (Phi) is 5.43. The molecular weight excluding hydrogens is 307 g/mol. The maximum Gasteiger partial charge on any atom is 0.244 e. The first-order valence-electron chi connectivity index (χ1n) is 8.32. The van der Waals surface area contributed by atoms with Crippen molar-refractivity contribution in [1.82, 2.24) is 5.32 Å². The first-order chi connectivity index (χ1) is 11.7. The van der Waals surface area contributed by atoms with Crippen molar-refractivity contribution in [3.63, 3.8) is 0 Å². The minimum Gasteiger partial charge on any atom is -0.463 e. The second kappa shape index (κ2) is 7.93. The molecule has 2 aromatic rings. The summed E-state index contributed by atoms with van der Waals surface area (Å²) >= 11 is 0. The summed E-state index contributed by atoms with van der Waals surface area (Å²) in [7, 11) is 0. The molecule has 1 amide bonds. The molecule has 1 aliphatic rings. The summed E-state index contributed by atoms with van der Waals surface area (Å²) in [5, 5.41) is 2.95. The number of hydrogen-bond acceptors (Lipinski definition) is 2. The number of amides is 1. The lowest BCUT2D eigenvalue weighted by Gasteiger charge is -2.22. The number of quaternary nitrogens is 1. The molecule has 4 nitrogen and oxygen atoms in total. The first-order valence-corrected chi connectivity index (χ1v) is 8.32. The molecule has 24 heavy (non-hydrogen) atoms. The third-order valence-electron chi connectivity index (χ3n) is 4.40. The van der Waals surface area contributed by atoms with Crippen LogP contribution in [-0.2, 0) is 4.79 Å². The summed E-state index contributed by atoms with van der Waals surface area (Å²) in [4.78, 5) is 13.5. The molecule has 2 N–H and O–H groups in total. The van der Waals surface area contributed by atoms with Gasteiger partial charge in [0.25, 0.3) is 0 Å². The van der Waals surface area contributed by atoms with Crippen molar-refractivity contribution in [3.05, 3.63) is 65.9 Å². The molecule has 1 saturated heterocycles. The number of halogens is 1. The van der Waals surface area contributed by atoms with Gasteiger partial charge in [0, 0.05) is 18.9 Å². The van der Waals surface area contributed by atoms with Gasteiger partial charge in [-0.2, -0.15) is 0 Å². The van der Waals surface area contributed by atoms with Gasteiger partial charge in [-0.25, -0.2) is 4.39 Å². The smallest absolute Gasteiger partial charge is 0.244 e. The van der Waals surface area contributed by atoms with E-state index in [0.717, 1.165) is 24.4 Å². The minimum atomic E-state index is -0.286. The van der Waals surface area contributed by atoms with Crippen molar-refractivity contribution in [1.29, 1.82) is 0 Å². The fraction of sp³-hybridized carbons (Fsp3) is 0.316. The number of likely N-dealkylation sites (tertiary alicyclic amines) is 1. The Hall–Kier alpha value is -2.40. The second-order valence-electron chi connectivity index (χ2n) is 6.06. The van der Waals surface area contributed by atoms with Crippen molar-refractivity contribution in [3.8, 4) is 0 Å². The van der Waals surface area contributed by atoms with Gasteiger partial charge in [0.15, 0.2) is 11.8 Å². The number of rotatable bonds is 6. The zero-order valence-electron chi connectivity index (χ0n) is 13.5. The molecule has 3 rings (SSSR count). The van der Waals surface area contributed by atoms with Gasteiger partial charge in [-0.3, -0.25) is 4.79 Å². The number of furan rings is 1. The topological polar surface area (TPSA) is 46.7 Å². The van der Waals surface area contributed by atoms with Crippen molar-refractivity contribution in [2.24, 2.45) is 0 Å². The van der Waals surface area contributed by atoms with Gasteiger partial charge < -0.3 is 14.6 Å². The van der Waals surface area contributed by atoms with Gasteiger partial charge in [-0.15, -0.1) is 0 Å². The fourth-order valence-electron chi connectivity index (χ4n) is 3.12. The SMILES string of the molecule is O=C(/C=C/c1ccc(F)cc1)NC[C@H](c1ccco1)[NH+]1CCCC1. The summed E-state index contributed by atoms with van der Waals surface area (Å²) in [5.74, 6) is 0.468. The monoisotopic (exact) mass is 329 g/mol. The highest BCUT2D eigenvalue weighted by atomic mass is 19.1. The van der Waals surface area contributed by atoms with Crippen LogP contribution in [0.1, 0.15) is 30.2 Å². The van der Waals surface area contributed by atoms with Crippen molar-refractivity contribution >= 4 is 12.0 Å². The van der Waals surface area contributed by atoms with Gasteiger partial charge in [-0.05, 0) is 35.9 Å². The van der Waals surface area contributed by atoms with E-state index in [1.165, 1.54) is 36.0 Å². The van der Waals surface area contributed by atoms with E-state index < -0.39 is 0 Å². The van der Waals surface area contributed by atoms with Gasteiger partial charge in [0.1, 0.15) is 5.82 Å². The zero-order valence-corrected chi connectivity index (χ0v) is 13.5. The van der Waals surface area contributed by atoms with Crippen LogP contribution in [0.15, 0.2) is 53.2 Å². The zero-order chi connectivity index (χ0) is 16.8. The van der Waals surface area contributed by atoms with Crippen LogP contribution in [0.4, 0.5) is 4.39 Å². The molecule has 1 aromatic carbocycles. The normalized spacial score (nSPS) is 16.5. The summed E-state index contributed by atoms with van der Waals surface area (Å²) in [6.07, 6.45) is 7.26. The predicted molar refractivity (Wildman–Crippen MR) is 89.8 cm³/mol. The van der Waals surface area contributed by atoms with Gasteiger partial charge in [0.05, 0.1) is 25.9 Å². The fourth-order valence-corrected chi connectivity index (χ4v) is 3.12. The van der Waals surface area contributed by atoms with E-state index in [2.05, 4.69) is 5.32 Å². The number of hydrogen-bond donors (Lipinski definition) is 2. The lowest BCUT2D eigenvalue weighted by Crippen LogP contribution is -3.11. The highest BCUT2D eigenvalue weighted by Gasteiger charge is 2.29. The number of benzene rings is 1. The van der Waals surface area contributed by atoms with Crippen LogP contribution in [0.3, 0.4) is 0 Å². The van der Waals surface area contributed by atoms with Crippen molar-refractivity contribution < 1.29 is 18.5 Å². The Balaban J connectivity index is 1.57. The molecule has 0 saturated carbocycles. The molecule has 0 unspecified atom stereocenters. The minimum absolute atomic E-state index is 0.144. The van der Waals surface area contributed by atoms with Crippen LogP contribution in [-0.4, -0.2) is 25.5 Å². The van der Waals surface area contributed by atoms with E-state index in [1.54, 1.807) is 24.5 Å². The molecule has 5 heteroatoms. The molecule has 1 aromatic heterocycles. The van der Waals surface area contributed by atoms with E-state index in [9.17, 15) is 9.18 Å². The number of nitrogens with one attached hydrogen (secondary N) is 2. The Bertz CT molecular complexity index is 674. The van der Waals surface area contributed by atoms with Crippen molar-refractivity contribution in [2.75, 3.05) is 19.6 Å². The van der Waals surface area contributed by atoms with Crippen LogP contribution < -0.4 is 10.2 Å². The Labute approximate surface area is 141 Å². The quantitative estimate of drug-likeness (QED) is 0.796. The largest absolute Gasteiger partial charge is 0.463 e. The molecule has 1 atom stereocenters. The van der Waals surface area contributed by atoms with Crippen LogP contribution in [0.25, 0.3) is 6.08 Å². The highest BCUT2D eigenvalue weighted by Crippen LogP contribution is 2.11. The summed E-state index contributed by atoms with van der Waals surface area (Å²) in [6.45, 7) is 2.74. The molecule has 0 spiro atoms. The van der Waals surface area contributed by atoms with E-state index in [4.69, 9.17) is 4.42 Å². The molecule has 2 heterocycles. The standard InChI is InChI=1S/C19H21FN2O2/c20-16-8-5-15(6-9-16)7-10-19(23)21-14-17(18-4-3-13-24-18)22-11-1-2-12-22/h3-10,13,17H,1-2,11-12,14H2,(H,21,23)/p+1/b10-7+/t17-/m1/s1. The van der Waals surface area contributed by atoms with Gasteiger partial charge in [0.2, 0.25) is 5.91 Å². The van der Waals surface area contributed by atoms with Gasteiger partial charge >= 0.3 is 0 Å². The predicted octanol–water partition coefficient (Wildman–Crippen LogP) is 1.97. The van der Waals surface area contributed by atoms with E-state index in [1.807, 2.05) is 12.1 Å². The van der Waals surface area contributed by atoms with Crippen LogP contribution in [0, 0.1) is 5.82 Å². The molecule has 1 fully saturated rings. The Morgan fingerprint density at radius 2 is 2.00 bits per heavy atom. The van der Waals surface area contributed by atoms with Crippen LogP contribution in [0.2, 0.25) is 0 Å². The third kappa shape index (κ3) is 4.32. The average molecular weight is 329 g/mol. The molecular formula is C19H22FN2O2+. The Morgan fingerprint density at radius 3 is 2.67 bits per heavy atom. The number of carbonyl (C=O) groups excluding carboxylic acids is 1. The van der Waals surface area contributed by atoms with E-state index >= 15 is 0 Å². The van der Waals surface area contributed by atoms with E-state index in [0.29, 0.717) is 6.54 Å². The highest BCUT2D eigenvalue weighted by molar-refractivity contribution is 5.91. The molecule has 126 valence electrons. The maximum atomic E-state index is 12.9. The maximum absolute atomic E-state index is 12.9. The second-order valence-corrected chi connectivity index (χ2v) is 6.06. The lowest BCUT2D eigenvalue weighted by atomic mass is 10.2. The molecule has 0 radical (unpaired) electrons. The van der Waals surface area contributed by atoms with Gasteiger partial charge in [-0.1, -0.05) is 12.1 Å². The van der Waals surface area contributed by atoms with Crippen LogP contribution in [0.5, 0.6) is 0 Å². The summed E-state index contributed by atoms with van der Waals surface area (Å²) < 4.78 is 18.4. The summed E-state index contributed by atoms with van der Waals surface area (Å²) in [5.41, 5.74) is 0.791. The number of carbonyl (C=O) groups is 1. The summed E-state index contributed by atoms with van der Waals surface area (Å²) in [6, 6.07) is 10.0. The third-order valence-corrected chi connectivity index (χ3v) is 4.40. The Morgan fingerprint density at radius 1 is 1.25 bits per heavy atom. The van der Waals surface area contributed by atoms with Crippen LogP contribution >= 0.6 is 0 Å². The van der Waals surface area contributed by atoms with Crippen molar-refractivity contribution in [2.45, 2.75) is 18.9 Å². The average Bonchev–Trinajstić information content (AvgIpc) is 3.29. The van der Waals surface area contributed by atoms with E-state index in [-0.39, 0.29) is 17.8 Å². The molecule has 1 aliphatic heterocycles. The molecule has 0 bridgehead atoms. The molecule has 0 aliphatic carbocycles. The first kappa shape index (κ1) is 16.5.